The average molecular weight is 471 g/mol. The molecule has 2 aromatic heterocycles. The molecule has 1 N–H and O–H groups in total. The Bertz CT molecular complexity index is 1240. The van der Waals surface area contributed by atoms with Crippen LogP contribution in [0.3, 0.4) is 0 Å². The molecule has 0 bridgehead atoms. The second-order valence-electron chi connectivity index (χ2n) is 7.41. The molecule has 1 aliphatic rings. The minimum atomic E-state index is -3.75. The SMILES string of the molecule is Cc1nccn1-c1ccc(Oc2ccc(NS(=O)(=O)CCN3C(=O)CCCC3=O)cc2)nn1. The van der Waals surface area contributed by atoms with E-state index >= 15 is 0 Å². The van der Waals surface area contributed by atoms with Crippen molar-refractivity contribution in [3.05, 3.63) is 54.6 Å². The van der Waals surface area contributed by atoms with E-state index in [1.54, 1.807) is 53.4 Å². The number of ether oxygens (including phenoxy) is 1. The second-order valence-corrected chi connectivity index (χ2v) is 9.26. The average Bonchev–Trinajstić information content (AvgIpc) is 3.21. The molecule has 0 saturated carbocycles. The Morgan fingerprint density at radius 3 is 2.36 bits per heavy atom. The number of amides is 2. The van der Waals surface area contributed by atoms with Crippen LogP contribution in [0, 0.1) is 6.92 Å². The van der Waals surface area contributed by atoms with Gasteiger partial charge in [0.05, 0.1) is 5.75 Å². The number of carbonyl (C=O) groups is 2. The Morgan fingerprint density at radius 1 is 1.03 bits per heavy atom. The number of imide groups is 1. The lowest BCUT2D eigenvalue weighted by atomic mass is 10.1. The normalized spacial score (nSPS) is 14.4. The zero-order valence-electron chi connectivity index (χ0n) is 17.8. The van der Waals surface area contributed by atoms with Crippen LogP contribution in [-0.4, -0.2) is 57.2 Å². The summed E-state index contributed by atoms with van der Waals surface area (Å²) in [5.41, 5.74) is 0.329. The number of aromatic nitrogens is 4. The molecule has 33 heavy (non-hydrogen) atoms. The highest BCUT2D eigenvalue weighted by Crippen LogP contribution is 2.22. The third-order valence-electron chi connectivity index (χ3n) is 5.02. The van der Waals surface area contributed by atoms with E-state index in [9.17, 15) is 18.0 Å². The first-order valence-corrected chi connectivity index (χ1v) is 11.9. The molecule has 0 unspecified atom stereocenters. The van der Waals surface area contributed by atoms with Crippen molar-refractivity contribution in [2.75, 3.05) is 17.0 Å². The minimum absolute atomic E-state index is 0.165. The fourth-order valence-corrected chi connectivity index (χ4v) is 4.34. The Morgan fingerprint density at radius 2 is 1.76 bits per heavy atom. The van der Waals surface area contributed by atoms with Gasteiger partial charge in [0.1, 0.15) is 11.6 Å². The summed E-state index contributed by atoms with van der Waals surface area (Å²) in [6.45, 7) is 1.69. The van der Waals surface area contributed by atoms with Crippen LogP contribution in [0.1, 0.15) is 25.1 Å². The van der Waals surface area contributed by atoms with Crippen LogP contribution < -0.4 is 9.46 Å². The van der Waals surface area contributed by atoms with E-state index in [1.807, 2.05) is 6.92 Å². The molecule has 0 atom stereocenters. The predicted molar refractivity (Wildman–Crippen MR) is 118 cm³/mol. The lowest BCUT2D eigenvalue weighted by Gasteiger charge is -2.24. The third kappa shape index (κ3) is 5.52. The molecule has 3 aromatic rings. The molecule has 1 aromatic carbocycles. The molecular formula is C21H22N6O5S. The third-order valence-corrected chi connectivity index (χ3v) is 6.28. The smallest absolute Gasteiger partial charge is 0.238 e. The Hall–Kier alpha value is -3.80. The fourth-order valence-electron chi connectivity index (χ4n) is 3.32. The van der Waals surface area contributed by atoms with E-state index in [0.717, 1.165) is 10.7 Å². The number of sulfonamides is 1. The molecule has 172 valence electrons. The highest BCUT2D eigenvalue weighted by molar-refractivity contribution is 7.92. The van der Waals surface area contributed by atoms with Gasteiger partial charge in [0.15, 0.2) is 5.82 Å². The van der Waals surface area contributed by atoms with Gasteiger partial charge in [-0.15, -0.1) is 10.2 Å². The van der Waals surface area contributed by atoms with E-state index in [0.29, 0.717) is 23.7 Å². The Kier molecular flexibility index (Phi) is 6.36. The summed E-state index contributed by atoms with van der Waals surface area (Å²) in [4.78, 5) is 28.8. The molecule has 0 spiro atoms. The van der Waals surface area contributed by atoms with Crippen molar-refractivity contribution in [3.63, 3.8) is 0 Å². The van der Waals surface area contributed by atoms with Crippen molar-refractivity contribution >= 4 is 27.5 Å². The molecule has 11 nitrogen and oxygen atoms in total. The maximum absolute atomic E-state index is 12.4. The number of nitrogens with zero attached hydrogens (tertiary/aromatic N) is 5. The van der Waals surface area contributed by atoms with E-state index in [1.165, 1.54) is 0 Å². The maximum atomic E-state index is 12.4. The van der Waals surface area contributed by atoms with Gasteiger partial charge in [-0.1, -0.05) is 0 Å². The summed E-state index contributed by atoms with van der Waals surface area (Å²) >= 11 is 0. The highest BCUT2D eigenvalue weighted by Gasteiger charge is 2.27. The largest absolute Gasteiger partial charge is 0.438 e. The Balaban J connectivity index is 1.33. The van der Waals surface area contributed by atoms with Gasteiger partial charge in [-0.05, 0) is 43.7 Å². The molecule has 3 heterocycles. The molecular weight excluding hydrogens is 448 g/mol. The van der Waals surface area contributed by atoms with Crippen molar-refractivity contribution in [1.29, 1.82) is 0 Å². The van der Waals surface area contributed by atoms with Gasteiger partial charge in [0.2, 0.25) is 27.7 Å². The van der Waals surface area contributed by atoms with Gasteiger partial charge in [-0.2, -0.15) is 0 Å². The van der Waals surface area contributed by atoms with E-state index in [4.69, 9.17) is 4.74 Å². The van der Waals surface area contributed by atoms with Crippen LogP contribution in [0.5, 0.6) is 11.6 Å². The predicted octanol–water partition coefficient (Wildman–Crippen LogP) is 2.04. The summed E-state index contributed by atoms with van der Waals surface area (Å²) in [6, 6.07) is 9.68. The molecule has 4 rings (SSSR count). The van der Waals surface area contributed by atoms with Crippen LogP contribution in [0.4, 0.5) is 5.69 Å². The summed E-state index contributed by atoms with van der Waals surface area (Å²) in [6.07, 6.45) is 4.48. The molecule has 12 heteroatoms. The number of likely N-dealkylation sites (tertiary alicyclic amines) is 1. The topological polar surface area (TPSA) is 136 Å². The molecule has 0 radical (unpaired) electrons. The van der Waals surface area contributed by atoms with Crippen LogP contribution in [0.2, 0.25) is 0 Å². The number of nitrogens with one attached hydrogen (secondary N) is 1. The standard InChI is InChI=1S/C21H22N6O5S/c1-15-22-11-12-26(15)18-9-10-19(24-23-18)32-17-7-5-16(6-8-17)25-33(30,31)14-13-27-20(28)3-2-4-21(27)29/h5-12,25H,2-4,13-14H2,1H3. The quantitative estimate of drug-likeness (QED) is 0.494. The van der Waals surface area contributed by atoms with E-state index in [-0.39, 0.29) is 42.8 Å². The first kappa shape index (κ1) is 22.4. The molecule has 1 aliphatic heterocycles. The number of rotatable bonds is 8. The summed E-state index contributed by atoms with van der Waals surface area (Å²) in [5.74, 6) is 1.07. The zero-order chi connectivity index (χ0) is 23.4. The van der Waals surface area contributed by atoms with Crippen LogP contribution in [0.25, 0.3) is 5.82 Å². The molecule has 0 aliphatic carbocycles. The minimum Gasteiger partial charge on any atom is -0.438 e. The number of hydrogen-bond donors (Lipinski definition) is 1. The summed E-state index contributed by atoms with van der Waals surface area (Å²) in [7, 11) is -3.75. The first-order valence-electron chi connectivity index (χ1n) is 10.3. The van der Waals surface area contributed by atoms with E-state index in [2.05, 4.69) is 19.9 Å². The van der Waals surface area contributed by atoms with Gasteiger partial charge >= 0.3 is 0 Å². The van der Waals surface area contributed by atoms with Gasteiger partial charge in [-0.3, -0.25) is 23.8 Å². The number of piperidine rings is 1. The number of benzene rings is 1. The van der Waals surface area contributed by atoms with Crippen molar-refractivity contribution in [3.8, 4) is 17.4 Å². The number of aryl methyl sites for hydroxylation is 1. The number of carbonyl (C=O) groups excluding carboxylic acids is 2. The van der Waals surface area contributed by atoms with Gasteiger partial charge < -0.3 is 4.74 Å². The number of imidazole rings is 1. The molecule has 1 saturated heterocycles. The molecule has 2 amide bonds. The van der Waals surface area contributed by atoms with Gasteiger partial charge in [0.25, 0.3) is 0 Å². The lowest BCUT2D eigenvalue weighted by Crippen LogP contribution is -2.43. The zero-order valence-corrected chi connectivity index (χ0v) is 18.7. The summed E-state index contributed by atoms with van der Waals surface area (Å²) < 4.78 is 34.6. The highest BCUT2D eigenvalue weighted by atomic mass is 32.2. The van der Waals surface area contributed by atoms with Gasteiger partial charge in [-0.25, -0.2) is 13.4 Å². The molecule has 1 fully saturated rings. The van der Waals surface area contributed by atoms with Crippen LogP contribution >= 0.6 is 0 Å². The van der Waals surface area contributed by atoms with Crippen molar-refractivity contribution in [2.24, 2.45) is 0 Å². The maximum Gasteiger partial charge on any atom is 0.238 e. The monoisotopic (exact) mass is 470 g/mol. The van der Waals surface area contributed by atoms with Crippen molar-refractivity contribution in [2.45, 2.75) is 26.2 Å². The fraction of sp³-hybridized carbons (Fsp3) is 0.286. The van der Waals surface area contributed by atoms with Crippen molar-refractivity contribution < 1.29 is 22.7 Å². The van der Waals surface area contributed by atoms with E-state index < -0.39 is 10.0 Å². The lowest BCUT2D eigenvalue weighted by molar-refractivity contribution is -0.147. The second kappa shape index (κ2) is 9.36. The number of hydrogen-bond acceptors (Lipinski definition) is 8. The first-order chi connectivity index (χ1) is 15.8. The summed E-state index contributed by atoms with van der Waals surface area (Å²) in [5, 5.41) is 8.16. The number of anilines is 1. The van der Waals surface area contributed by atoms with Crippen molar-refractivity contribution in [1.82, 2.24) is 24.6 Å². The Labute approximate surface area is 190 Å². The van der Waals surface area contributed by atoms with Crippen LogP contribution in [-0.2, 0) is 19.6 Å². The van der Waals surface area contributed by atoms with Crippen LogP contribution in [0.15, 0.2) is 48.8 Å². The van der Waals surface area contributed by atoms with Gasteiger partial charge in [0, 0.05) is 43.5 Å².